The number of benzene rings is 2. The topological polar surface area (TPSA) is 32.8 Å². The molecular formula is C19H22N2O2. The van der Waals surface area contributed by atoms with Crippen LogP contribution in [0.25, 0.3) is 0 Å². The quantitative estimate of drug-likeness (QED) is 0.818. The zero-order valence-corrected chi connectivity index (χ0v) is 13.4. The molecule has 0 atom stereocenters. The highest BCUT2D eigenvalue weighted by Gasteiger charge is 2.19. The minimum absolute atomic E-state index is 0.282. The molecule has 1 aliphatic heterocycles. The van der Waals surface area contributed by atoms with Gasteiger partial charge in [-0.25, -0.2) is 0 Å². The maximum absolute atomic E-state index is 11.6. The Balaban J connectivity index is 1.55. The van der Waals surface area contributed by atoms with Crippen LogP contribution in [-0.2, 0) is 4.79 Å². The first-order chi connectivity index (χ1) is 11.2. The summed E-state index contributed by atoms with van der Waals surface area (Å²) in [5.74, 6) is 1.94. The number of carbonyl (C=O) groups is 1. The van der Waals surface area contributed by atoms with Crippen molar-refractivity contribution in [3.8, 4) is 11.5 Å². The van der Waals surface area contributed by atoms with Crippen LogP contribution < -0.4 is 9.64 Å². The largest absolute Gasteiger partial charge is 0.457 e. The summed E-state index contributed by atoms with van der Waals surface area (Å²) in [7, 11) is 2.05. The standard InChI is InChI=1S/C19H22N2O2/c1-20(14-15-21-13-5-8-19(21)22)16-9-11-18(12-10-16)23-17-6-3-2-4-7-17/h2-4,6-7,9-12H,5,8,13-15H2,1H3. The van der Waals surface area contributed by atoms with Gasteiger partial charge in [0, 0.05) is 38.8 Å². The number of anilines is 1. The fourth-order valence-corrected chi connectivity index (χ4v) is 2.73. The van der Waals surface area contributed by atoms with E-state index in [4.69, 9.17) is 4.74 Å². The van der Waals surface area contributed by atoms with E-state index in [9.17, 15) is 4.79 Å². The Morgan fingerprint density at radius 3 is 2.39 bits per heavy atom. The van der Waals surface area contributed by atoms with Crippen LogP contribution in [0.3, 0.4) is 0 Å². The van der Waals surface area contributed by atoms with E-state index in [1.54, 1.807) is 0 Å². The van der Waals surface area contributed by atoms with Crippen LogP contribution in [0.5, 0.6) is 11.5 Å². The van der Waals surface area contributed by atoms with Gasteiger partial charge in [0.05, 0.1) is 0 Å². The normalized spacial score (nSPS) is 14.1. The van der Waals surface area contributed by atoms with Gasteiger partial charge in [-0.05, 0) is 42.8 Å². The van der Waals surface area contributed by atoms with Gasteiger partial charge in [0.2, 0.25) is 5.91 Å². The minimum atomic E-state index is 0.282. The SMILES string of the molecule is CN(CCN1CCCC1=O)c1ccc(Oc2ccccc2)cc1. The van der Waals surface area contributed by atoms with Gasteiger partial charge in [0.25, 0.3) is 0 Å². The maximum Gasteiger partial charge on any atom is 0.222 e. The van der Waals surface area contributed by atoms with E-state index in [1.165, 1.54) is 0 Å². The van der Waals surface area contributed by atoms with Crippen molar-refractivity contribution in [2.45, 2.75) is 12.8 Å². The van der Waals surface area contributed by atoms with Gasteiger partial charge in [-0.1, -0.05) is 18.2 Å². The van der Waals surface area contributed by atoms with Crippen LogP contribution in [0.15, 0.2) is 54.6 Å². The Hall–Kier alpha value is -2.49. The number of hydrogen-bond acceptors (Lipinski definition) is 3. The summed E-state index contributed by atoms with van der Waals surface area (Å²) in [4.78, 5) is 15.7. The first kappa shape index (κ1) is 15.4. The third-order valence-electron chi connectivity index (χ3n) is 4.13. The molecule has 1 fully saturated rings. The second kappa shape index (κ2) is 7.18. The van der Waals surface area contributed by atoms with Crippen molar-refractivity contribution in [1.29, 1.82) is 0 Å². The highest BCUT2D eigenvalue weighted by molar-refractivity contribution is 5.78. The van der Waals surface area contributed by atoms with E-state index in [0.717, 1.165) is 43.2 Å². The van der Waals surface area contributed by atoms with Crippen molar-refractivity contribution >= 4 is 11.6 Å². The predicted molar refractivity (Wildman–Crippen MR) is 92.0 cm³/mol. The Kier molecular flexibility index (Phi) is 4.81. The predicted octanol–water partition coefficient (Wildman–Crippen LogP) is 3.54. The number of amides is 1. The van der Waals surface area contributed by atoms with Gasteiger partial charge in [-0.15, -0.1) is 0 Å². The highest BCUT2D eigenvalue weighted by atomic mass is 16.5. The number of para-hydroxylation sites is 1. The van der Waals surface area contributed by atoms with Crippen LogP contribution in [-0.4, -0.2) is 37.5 Å². The summed E-state index contributed by atoms with van der Waals surface area (Å²) in [6.07, 6.45) is 1.70. The maximum atomic E-state index is 11.6. The average Bonchev–Trinajstić information content (AvgIpc) is 2.99. The third-order valence-corrected chi connectivity index (χ3v) is 4.13. The summed E-state index contributed by atoms with van der Waals surface area (Å²) < 4.78 is 5.80. The van der Waals surface area contributed by atoms with Crippen LogP contribution in [0.2, 0.25) is 0 Å². The molecule has 0 aromatic heterocycles. The van der Waals surface area contributed by atoms with E-state index in [-0.39, 0.29) is 5.91 Å². The van der Waals surface area contributed by atoms with Gasteiger partial charge in [-0.2, -0.15) is 0 Å². The monoisotopic (exact) mass is 310 g/mol. The molecule has 1 saturated heterocycles. The molecule has 1 amide bonds. The van der Waals surface area contributed by atoms with Gasteiger partial charge < -0.3 is 14.5 Å². The third kappa shape index (κ3) is 4.03. The summed E-state index contributed by atoms with van der Waals surface area (Å²) in [6, 6.07) is 17.8. The fraction of sp³-hybridized carbons (Fsp3) is 0.316. The van der Waals surface area contributed by atoms with Crippen molar-refractivity contribution < 1.29 is 9.53 Å². The number of rotatable bonds is 6. The van der Waals surface area contributed by atoms with Gasteiger partial charge >= 0.3 is 0 Å². The Bertz CT molecular complexity index is 640. The van der Waals surface area contributed by atoms with Crippen molar-refractivity contribution in [1.82, 2.24) is 4.90 Å². The molecule has 0 radical (unpaired) electrons. The Morgan fingerprint density at radius 1 is 1.04 bits per heavy atom. The van der Waals surface area contributed by atoms with E-state index in [2.05, 4.69) is 4.90 Å². The van der Waals surface area contributed by atoms with Crippen molar-refractivity contribution in [2.24, 2.45) is 0 Å². The molecule has 120 valence electrons. The van der Waals surface area contributed by atoms with Crippen LogP contribution in [0.1, 0.15) is 12.8 Å². The molecule has 3 rings (SSSR count). The Labute approximate surface area is 137 Å². The summed E-state index contributed by atoms with van der Waals surface area (Å²) in [6.45, 7) is 2.53. The van der Waals surface area contributed by atoms with Crippen molar-refractivity contribution in [2.75, 3.05) is 31.6 Å². The number of carbonyl (C=O) groups excluding carboxylic acids is 1. The smallest absolute Gasteiger partial charge is 0.222 e. The molecule has 0 N–H and O–H groups in total. The van der Waals surface area contributed by atoms with Crippen molar-refractivity contribution in [3.63, 3.8) is 0 Å². The van der Waals surface area contributed by atoms with E-state index < -0.39 is 0 Å². The Morgan fingerprint density at radius 2 is 1.74 bits per heavy atom. The summed E-state index contributed by atoms with van der Waals surface area (Å²) >= 11 is 0. The average molecular weight is 310 g/mol. The van der Waals surface area contributed by atoms with Gasteiger partial charge in [0.15, 0.2) is 0 Å². The van der Waals surface area contributed by atoms with Crippen LogP contribution in [0.4, 0.5) is 5.69 Å². The number of nitrogens with zero attached hydrogens (tertiary/aromatic N) is 2. The highest BCUT2D eigenvalue weighted by Crippen LogP contribution is 2.24. The molecule has 1 aliphatic rings. The lowest BCUT2D eigenvalue weighted by Crippen LogP contribution is -2.33. The molecule has 2 aromatic rings. The van der Waals surface area contributed by atoms with Crippen molar-refractivity contribution in [3.05, 3.63) is 54.6 Å². The second-order valence-corrected chi connectivity index (χ2v) is 5.81. The molecule has 2 aromatic carbocycles. The van der Waals surface area contributed by atoms with E-state index >= 15 is 0 Å². The van der Waals surface area contributed by atoms with Gasteiger partial charge in [-0.3, -0.25) is 4.79 Å². The van der Waals surface area contributed by atoms with E-state index in [1.807, 2.05) is 66.5 Å². The van der Waals surface area contributed by atoms with Crippen LogP contribution >= 0.6 is 0 Å². The van der Waals surface area contributed by atoms with Crippen LogP contribution in [0, 0.1) is 0 Å². The molecule has 0 spiro atoms. The van der Waals surface area contributed by atoms with E-state index in [0.29, 0.717) is 6.42 Å². The molecule has 0 unspecified atom stereocenters. The van der Waals surface area contributed by atoms with Gasteiger partial charge in [0.1, 0.15) is 11.5 Å². The lowest BCUT2D eigenvalue weighted by molar-refractivity contribution is -0.127. The fourth-order valence-electron chi connectivity index (χ4n) is 2.73. The number of ether oxygens (including phenoxy) is 1. The molecule has 0 aliphatic carbocycles. The summed E-state index contributed by atoms with van der Waals surface area (Å²) in [5.41, 5.74) is 1.12. The number of hydrogen-bond donors (Lipinski definition) is 0. The molecule has 4 heteroatoms. The molecule has 0 bridgehead atoms. The number of likely N-dealkylation sites (tertiary alicyclic amines) is 1. The second-order valence-electron chi connectivity index (χ2n) is 5.81. The molecule has 4 nitrogen and oxygen atoms in total. The number of likely N-dealkylation sites (N-methyl/N-ethyl adjacent to an activating group) is 1. The zero-order valence-electron chi connectivity index (χ0n) is 13.4. The molecule has 23 heavy (non-hydrogen) atoms. The summed E-state index contributed by atoms with van der Waals surface area (Å²) in [5, 5.41) is 0. The first-order valence-electron chi connectivity index (χ1n) is 8.04. The lowest BCUT2D eigenvalue weighted by Gasteiger charge is -2.23. The zero-order chi connectivity index (χ0) is 16.1. The lowest BCUT2D eigenvalue weighted by atomic mass is 10.2. The minimum Gasteiger partial charge on any atom is -0.457 e. The molecule has 1 heterocycles. The first-order valence-corrected chi connectivity index (χ1v) is 8.04. The molecule has 0 saturated carbocycles. The molecular weight excluding hydrogens is 288 g/mol.